The maximum Gasteiger partial charge on any atom is 0.337 e. The van der Waals surface area contributed by atoms with Crippen molar-refractivity contribution in [3.63, 3.8) is 0 Å². The summed E-state index contributed by atoms with van der Waals surface area (Å²) in [7, 11) is 0. The molecule has 42 heavy (non-hydrogen) atoms. The molecule has 8 nitrogen and oxygen atoms in total. The lowest BCUT2D eigenvalue weighted by molar-refractivity contribution is -0.139. The van der Waals surface area contributed by atoms with E-state index in [2.05, 4.69) is 34.5 Å². The Morgan fingerprint density at radius 3 is 1.86 bits per heavy atom. The normalized spacial score (nSPS) is 13.6. The molecule has 0 aliphatic carbocycles. The summed E-state index contributed by atoms with van der Waals surface area (Å²) in [5.74, 6) is -1.87. The molecule has 2 N–H and O–H groups in total. The second-order valence-corrected chi connectivity index (χ2v) is 10.1. The molecule has 0 saturated carbocycles. The SMILES string of the molecule is O=C(COCC(=O)N1CCN(C(c2ccccc2)c2ccccc2)CC1)Nc1ccc(-c2ccccc2)cc1C(=O)O. The molecule has 2 amide bonds. The minimum Gasteiger partial charge on any atom is -0.478 e. The number of carboxylic acid groups (broad SMARTS) is 1. The van der Waals surface area contributed by atoms with E-state index in [4.69, 9.17) is 4.74 Å². The molecule has 214 valence electrons. The topological polar surface area (TPSA) is 99.2 Å². The number of hydrogen-bond acceptors (Lipinski definition) is 5. The zero-order chi connectivity index (χ0) is 29.3. The third-order valence-electron chi connectivity index (χ3n) is 7.35. The van der Waals surface area contributed by atoms with Crippen molar-refractivity contribution < 1.29 is 24.2 Å². The first-order chi connectivity index (χ1) is 20.5. The number of aromatic carboxylic acids is 1. The van der Waals surface area contributed by atoms with Gasteiger partial charge in [0.15, 0.2) is 0 Å². The monoisotopic (exact) mass is 563 g/mol. The molecule has 0 aromatic heterocycles. The number of nitrogens with zero attached hydrogens (tertiary/aromatic N) is 2. The molecular weight excluding hydrogens is 530 g/mol. The van der Waals surface area contributed by atoms with Gasteiger partial charge in [-0.05, 0) is 34.4 Å². The van der Waals surface area contributed by atoms with Gasteiger partial charge in [0.1, 0.15) is 13.2 Å². The van der Waals surface area contributed by atoms with Crippen LogP contribution in [0.2, 0.25) is 0 Å². The van der Waals surface area contributed by atoms with Gasteiger partial charge in [0.25, 0.3) is 0 Å². The van der Waals surface area contributed by atoms with Crippen LogP contribution >= 0.6 is 0 Å². The highest BCUT2D eigenvalue weighted by molar-refractivity contribution is 6.02. The molecule has 5 rings (SSSR count). The van der Waals surface area contributed by atoms with E-state index in [-0.39, 0.29) is 36.4 Å². The highest BCUT2D eigenvalue weighted by atomic mass is 16.5. The molecule has 1 aliphatic heterocycles. The Morgan fingerprint density at radius 2 is 1.29 bits per heavy atom. The van der Waals surface area contributed by atoms with Crippen molar-refractivity contribution in [2.24, 2.45) is 0 Å². The minimum absolute atomic E-state index is 0.0250. The van der Waals surface area contributed by atoms with Crippen molar-refractivity contribution in [2.75, 3.05) is 44.7 Å². The quantitative estimate of drug-likeness (QED) is 0.284. The molecule has 1 heterocycles. The molecule has 4 aromatic carbocycles. The standard InChI is InChI=1S/C34H33N3O5/c38-31(35-30-17-16-28(22-29(30)34(40)41)25-10-4-1-5-11-25)23-42-24-32(39)36-18-20-37(21-19-36)33(26-12-6-2-7-13-26)27-14-8-3-9-15-27/h1-17,22,33H,18-21,23-24H2,(H,35,38)(H,40,41). The molecule has 1 saturated heterocycles. The van der Waals surface area contributed by atoms with Crippen LogP contribution < -0.4 is 5.32 Å². The lowest BCUT2D eigenvalue weighted by Gasteiger charge is -2.39. The molecule has 0 radical (unpaired) electrons. The molecule has 0 spiro atoms. The van der Waals surface area contributed by atoms with E-state index in [1.807, 2.05) is 66.7 Å². The number of anilines is 1. The molecule has 4 aromatic rings. The molecular formula is C34H33N3O5. The smallest absolute Gasteiger partial charge is 0.337 e. The number of hydrogen-bond donors (Lipinski definition) is 2. The number of ether oxygens (including phenoxy) is 1. The molecule has 0 bridgehead atoms. The summed E-state index contributed by atoms with van der Waals surface area (Å²) in [5, 5.41) is 12.3. The zero-order valence-electron chi connectivity index (χ0n) is 23.2. The maximum atomic E-state index is 12.8. The van der Waals surface area contributed by atoms with E-state index in [0.29, 0.717) is 26.2 Å². The van der Waals surface area contributed by atoms with Crippen molar-refractivity contribution in [3.8, 4) is 11.1 Å². The van der Waals surface area contributed by atoms with Crippen LogP contribution in [0.15, 0.2) is 109 Å². The Morgan fingerprint density at radius 1 is 0.714 bits per heavy atom. The Labute approximate surface area is 245 Å². The predicted octanol–water partition coefficient (Wildman–Crippen LogP) is 4.94. The lowest BCUT2D eigenvalue weighted by Crippen LogP contribution is -2.50. The van der Waals surface area contributed by atoms with Gasteiger partial charge in [-0.15, -0.1) is 0 Å². The van der Waals surface area contributed by atoms with Crippen LogP contribution in [-0.2, 0) is 14.3 Å². The molecule has 1 aliphatic rings. The Balaban J connectivity index is 1.12. The van der Waals surface area contributed by atoms with Crippen LogP contribution in [0.3, 0.4) is 0 Å². The van der Waals surface area contributed by atoms with Gasteiger partial charge in [0.05, 0.1) is 17.3 Å². The summed E-state index contributed by atoms with van der Waals surface area (Å²) in [6.07, 6.45) is 0. The number of piperazine rings is 1. The number of benzene rings is 4. The first kappa shape index (κ1) is 28.7. The summed E-state index contributed by atoms with van der Waals surface area (Å²) >= 11 is 0. The molecule has 0 unspecified atom stereocenters. The van der Waals surface area contributed by atoms with Gasteiger partial charge >= 0.3 is 5.97 Å². The van der Waals surface area contributed by atoms with Gasteiger partial charge in [0, 0.05) is 26.2 Å². The molecule has 8 heteroatoms. The zero-order valence-corrected chi connectivity index (χ0v) is 23.2. The first-order valence-electron chi connectivity index (χ1n) is 13.9. The number of nitrogens with one attached hydrogen (secondary N) is 1. The number of carboxylic acids is 1. The maximum absolute atomic E-state index is 12.8. The van der Waals surface area contributed by atoms with Crippen molar-refractivity contribution in [2.45, 2.75) is 6.04 Å². The van der Waals surface area contributed by atoms with Crippen LogP contribution in [0, 0.1) is 0 Å². The van der Waals surface area contributed by atoms with Crippen LogP contribution in [0.5, 0.6) is 0 Å². The summed E-state index contributed by atoms with van der Waals surface area (Å²) in [6, 6.07) is 35.0. The van der Waals surface area contributed by atoms with E-state index in [0.717, 1.165) is 11.1 Å². The second kappa shape index (κ2) is 13.7. The van der Waals surface area contributed by atoms with Crippen molar-refractivity contribution in [1.29, 1.82) is 0 Å². The fourth-order valence-corrected chi connectivity index (χ4v) is 5.26. The average molecular weight is 564 g/mol. The molecule has 0 atom stereocenters. The third kappa shape index (κ3) is 7.09. The highest BCUT2D eigenvalue weighted by Gasteiger charge is 2.28. The number of carbonyl (C=O) groups is 3. The van der Waals surface area contributed by atoms with Gasteiger partial charge < -0.3 is 20.1 Å². The van der Waals surface area contributed by atoms with Crippen LogP contribution in [0.1, 0.15) is 27.5 Å². The fourth-order valence-electron chi connectivity index (χ4n) is 5.26. The van der Waals surface area contributed by atoms with Crippen LogP contribution in [-0.4, -0.2) is 72.1 Å². The number of amides is 2. The Bertz CT molecular complexity index is 1460. The van der Waals surface area contributed by atoms with E-state index in [9.17, 15) is 19.5 Å². The Kier molecular flexibility index (Phi) is 9.38. The summed E-state index contributed by atoms with van der Waals surface area (Å²) in [4.78, 5) is 41.4. The van der Waals surface area contributed by atoms with E-state index >= 15 is 0 Å². The van der Waals surface area contributed by atoms with Crippen LogP contribution in [0.25, 0.3) is 11.1 Å². The predicted molar refractivity (Wildman–Crippen MR) is 161 cm³/mol. The number of rotatable bonds is 10. The van der Waals surface area contributed by atoms with E-state index in [1.54, 1.807) is 17.0 Å². The van der Waals surface area contributed by atoms with Gasteiger partial charge in [-0.3, -0.25) is 14.5 Å². The lowest BCUT2D eigenvalue weighted by atomic mass is 9.96. The van der Waals surface area contributed by atoms with Gasteiger partial charge in [-0.25, -0.2) is 4.79 Å². The number of carbonyl (C=O) groups excluding carboxylic acids is 2. The van der Waals surface area contributed by atoms with Gasteiger partial charge in [0.2, 0.25) is 11.8 Å². The summed E-state index contributed by atoms with van der Waals surface area (Å²) in [6.45, 7) is 1.93. The Hall–Kier alpha value is -4.79. The minimum atomic E-state index is -1.15. The largest absolute Gasteiger partial charge is 0.478 e. The highest BCUT2D eigenvalue weighted by Crippen LogP contribution is 2.29. The van der Waals surface area contributed by atoms with Crippen molar-refractivity contribution in [3.05, 3.63) is 126 Å². The third-order valence-corrected chi connectivity index (χ3v) is 7.35. The van der Waals surface area contributed by atoms with E-state index in [1.165, 1.54) is 17.2 Å². The second-order valence-electron chi connectivity index (χ2n) is 10.1. The van der Waals surface area contributed by atoms with Crippen LogP contribution in [0.4, 0.5) is 5.69 Å². The first-order valence-corrected chi connectivity index (χ1v) is 13.9. The summed E-state index contributed by atoms with van der Waals surface area (Å²) in [5.41, 5.74) is 4.16. The fraction of sp³-hybridized carbons (Fsp3) is 0.206. The van der Waals surface area contributed by atoms with Gasteiger partial charge in [-0.2, -0.15) is 0 Å². The summed E-state index contributed by atoms with van der Waals surface area (Å²) < 4.78 is 5.42. The van der Waals surface area contributed by atoms with Crippen molar-refractivity contribution >= 4 is 23.5 Å². The average Bonchev–Trinajstić information content (AvgIpc) is 3.03. The molecule has 1 fully saturated rings. The van der Waals surface area contributed by atoms with Crippen molar-refractivity contribution in [1.82, 2.24) is 9.80 Å². The van der Waals surface area contributed by atoms with E-state index < -0.39 is 11.9 Å². The van der Waals surface area contributed by atoms with Gasteiger partial charge in [-0.1, -0.05) is 97.1 Å².